The summed E-state index contributed by atoms with van der Waals surface area (Å²) >= 11 is 5.91. The molecule has 0 fully saturated rings. The van der Waals surface area contributed by atoms with Crippen LogP contribution in [0.4, 0.5) is 13.2 Å². The van der Waals surface area contributed by atoms with Crippen LogP contribution >= 0.6 is 11.6 Å². The van der Waals surface area contributed by atoms with Crippen molar-refractivity contribution in [3.05, 3.63) is 53.8 Å². The highest BCUT2D eigenvalue weighted by Crippen LogP contribution is 2.34. The molecule has 0 aliphatic carbocycles. The van der Waals surface area contributed by atoms with Gasteiger partial charge in [0.05, 0.1) is 10.9 Å². The molecule has 0 bridgehead atoms. The number of hydrogen-bond donors (Lipinski definition) is 0. The molecule has 1 aromatic heterocycles. The molecule has 0 N–H and O–H groups in total. The Balaban J connectivity index is 1.92. The third kappa shape index (κ3) is 3.86. The van der Waals surface area contributed by atoms with Crippen molar-refractivity contribution in [2.24, 2.45) is 0 Å². The van der Waals surface area contributed by atoms with Crippen LogP contribution in [0, 0.1) is 0 Å². The summed E-state index contributed by atoms with van der Waals surface area (Å²) in [5.74, 6) is 0.284. The van der Waals surface area contributed by atoms with Crippen molar-refractivity contribution in [2.45, 2.75) is 6.18 Å². The molecule has 0 aliphatic rings. The highest BCUT2D eigenvalue weighted by atomic mass is 35.5. The Labute approximate surface area is 139 Å². The zero-order valence-corrected chi connectivity index (χ0v) is 12.8. The van der Waals surface area contributed by atoms with Crippen LogP contribution in [0.1, 0.15) is 0 Å². The smallest absolute Gasteiger partial charge is 0.422 e. The molecule has 24 heavy (non-hydrogen) atoms. The second-order valence-electron chi connectivity index (χ2n) is 4.79. The number of para-hydroxylation sites is 2. The van der Waals surface area contributed by atoms with Gasteiger partial charge in [-0.1, -0.05) is 23.7 Å². The monoisotopic (exact) mass is 354 g/mol. The number of fused-ring (bicyclic) bond motifs is 1. The van der Waals surface area contributed by atoms with Gasteiger partial charge >= 0.3 is 6.18 Å². The molecule has 3 rings (SSSR count). The quantitative estimate of drug-likeness (QED) is 0.660. The minimum atomic E-state index is -4.44. The van der Waals surface area contributed by atoms with Gasteiger partial charge in [0, 0.05) is 5.02 Å². The number of nitrogens with zero attached hydrogens (tertiary/aromatic N) is 2. The fraction of sp³-hybridized carbons (Fsp3) is 0.125. The van der Waals surface area contributed by atoms with Crippen LogP contribution in [-0.4, -0.2) is 22.8 Å². The van der Waals surface area contributed by atoms with E-state index in [0.29, 0.717) is 15.9 Å². The number of alkyl halides is 3. The molecule has 1 heterocycles. The molecule has 0 amide bonds. The molecule has 8 heteroatoms. The third-order valence-corrected chi connectivity index (χ3v) is 3.24. The minimum absolute atomic E-state index is 0.0319. The summed E-state index contributed by atoms with van der Waals surface area (Å²) in [5.41, 5.74) is 0.557. The number of hydrogen-bond acceptors (Lipinski definition) is 4. The van der Waals surface area contributed by atoms with Crippen LogP contribution in [0.15, 0.2) is 48.8 Å². The summed E-state index contributed by atoms with van der Waals surface area (Å²) in [6.45, 7) is -1.41. The molecule has 0 aliphatic heterocycles. The fourth-order valence-corrected chi connectivity index (χ4v) is 2.17. The number of aromatic nitrogens is 2. The summed E-state index contributed by atoms with van der Waals surface area (Å²) < 4.78 is 47.5. The number of halogens is 4. The Morgan fingerprint density at radius 1 is 1.00 bits per heavy atom. The van der Waals surface area contributed by atoms with Crippen molar-refractivity contribution in [3.63, 3.8) is 0 Å². The van der Waals surface area contributed by atoms with Crippen LogP contribution < -0.4 is 9.47 Å². The summed E-state index contributed by atoms with van der Waals surface area (Å²) in [5, 5.41) is 1.08. The van der Waals surface area contributed by atoms with Gasteiger partial charge in [-0.3, -0.25) is 0 Å². The minimum Gasteiger partial charge on any atom is -0.480 e. The van der Waals surface area contributed by atoms with Gasteiger partial charge in [0.2, 0.25) is 5.88 Å². The van der Waals surface area contributed by atoms with E-state index in [-0.39, 0.29) is 17.4 Å². The fourth-order valence-electron chi connectivity index (χ4n) is 2.00. The molecular formula is C16H10ClF3N2O2. The SMILES string of the molecule is FC(F)(F)COc1ccccc1Oc1ncnc2cc(Cl)ccc12. The van der Waals surface area contributed by atoms with Crippen molar-refractivity contribution in [3.8, 4) is 17.4 Å². The van der Waals surface area contributed by atoms with E-state index in [2.05, 4.69) is 9.97 Å². The van der Waals surface area contributed by atoms with Crippen molar-refractivity contribution < 1.29 is 22.6 Å². The largest absolute Gasteiger partial charge is 0.480 e. The first-order valence-electron chi connectivity index (χ1n) is 6.79. The van der Waals surface area contributed by atoms with Gasteiger partial charge < -0.3 is 9.47 Å². The number of rotatable bonds is 4. The van der Waals surface area contributed by atoms with E-state index < -0.39 is 12.8 Å². The molecule has 0 radical (unpaired) electrons. The van der Waals surface area contributed by atoms with Gasteiger partial charge in [0.15, 0.2) is 18.1 Å². The molecule has 0 atom stereocenters. The van der Waals surface area contributed by atoms with Crippen LogP contribution in [-0.2, 0) is 0 Å². The maximum absolute atomic E-state index is 12.3. The Hall–Kier alpha value is -2.54. The van der Waals surface area contributed by atoms with E-state index in [1.54, 1.807) is 30.3 Å². The Morgan fingerprint density at radius 2 is 1.75 bits per heavy atom. The van der Waals surface area contributed by atoms with Crippen LogP contribution in [0.25, 0.3) is 10.9 Å². The maximum Gasteiger partial charge on any atom is 0.422 e. The average Bonchev–Trinajstić information content (AvgIpc) is 2.53. The second-order valence-corrected chi connectivity index (χ2v) is 5.23. The van der Waals surface area contributed by atoms with E-state index in [0.717, 1.165) is 0 Å². The van der Waals surface area contributed by atoms with Crippen LogP contribution in [0.3, 0.4) is 0 Å². The lowest BCUT2D eigenvalue weighted by molar-refractivity contribution is -0.153. The summed E-state index contributed by atoms with van der Waals surface area (Å²) in [6, 6.07) is 11.0. The average molecular weight is 355 g/mol. The first kappa shape index (κ1) is 16.3. The van der Waals surface area contributed by atoms with E-state index in [1.807, 2.05) is 0 Å². The lowest BCUT2D eigenvalue weighted by Gasteiger charge is -2.13. The summed E-state index contributed by atoms with van der Waals surface area (Å²) in [6.07, 6.45) is -3.15. The number of benzene rings is 2. The normalized spacial score (nSPS) is 11.5. The lowest BCUT2D eigenvalue weighted by Crippen LogP contribution is -2.19. The van der Waals surface area contributed by atoms with Gasteiger partial charge in [-0.25, -0.2) is 9.97 Å². The molecule has 124 valence electrons. The maximum atomic E-state index is 12.3. The molecule has 3 aromatic rings. The summed E-state index contributed by atoms with van der Waals surface area (Å²) in [4.78, 5) is 8.11. The van der Waals surface area contributed by atoms with E-state index >= 15 is 0 Å². The van der Waals surface area contributed by atoms with E-state index in [9.17, 15) is 13.2 Å². The van der Waals surface area contributed by atoms with Gasteiger partial charge in [-0.2, -0.15) is 13.2 Å². The molecule has 0 spiro atoms. The second kappa shape index (κ2) is 6.52. The molecule has 4 nitrogen and oxygen atoms in total. The summed E-state index contributed by atoms with van der Waals surface area (Å²) in [7, 11) is 0. The third-order valence-electron chi connectivity index (χ3n) is 3.01. The van der Waals surface area contributed by atoms with Crippen molar-refractivity contribution in [1.29, 1.82) is 0 Å². The Morgan fingerprint density at radius 3 is 2.50 bits per heavy atom. The molecule has 2 aromatic carbocycles. The first-order valence-corrected chi connectivity index (χ1v) is 7.17. The van der Waals surface area contributed by atoms with Gasteiger partial charge in [0.25, 0.3) is 0 Å². The highest BCUT2D eigenvalue weighted by Gasteiger charge is 2.29. The molecular weight excluding hydrogens is 345 g/mol. The lowest BCUT2D eigenvalue weighted by atomic mass is 10.2. The number of ether oxygens (including phenoxy) is 2. The van der Waals surface area contributed by atoms with E-state index in [1.165, 1.54) is 18.5 Å². The topological polar surface area (TPSA) is 44.2 Å². The van der Waals surface area contributed by atoms with Crippen LogP contribution in [0.5, 0.6) is 17.4 Å². The van der Waals surface area contributed by atoms with E-state index in [4.69, 9.17) is 21.1 Å². The van der Waals surface area contributed by atoms with Crippen molar-refractivity contribution in [1.82, 2.24) is 9.97 Å². The van der Waals surface area contributed by atoms with Gasteiger partial charge in [0.1, 0.15) is 6.33 Å². The Kier molecular flexibility index (Phi) is 4.44. The zero-order chi connectivity index (χ0) is 17.2. The first-order chi connectivity index (χ1) is 11.4. The van der Waals surface area contributed by atoms with Crippen molar-refractivity contribution >= 4 is 22.5 Å². The highest BCUT2D eigenvalue weighted by molar-refractivity contribution is 6.31. The van der Waals surface area contributed by atoms with Gasteiger partial charge in [-0.05, 0) is 30.3 Å². The van der Waals surface area contributed by atoms with Crippen LogP contribution in [0.2, 0.25) is 5.02 Å². The van der Waals surface area contributed by atoms with Gasteiger partial charge in [-0.15, -0.1) is 0 Å². The molecule has 0 saturated carbocycles. The Bertz CT molecular complexity index is 871. The standard InChI is InChI=1S/C16H10ClF3N2O2/c17-10-5-6-11-12(7-10)21-9-22-15(11)24-14-4-2-1-3-13(14)23-8-16(18,19)20/h1-7,9H,8H2. The predicted octanol–water partition coefficient (Wildman–Crippen LogP) is 5.02. The predicted molar refractivity (Wildman–Crippen MR) is 82.6 cm³/mol. The van der Waals surface area contributed by atoms with Crippen molar-refractivity contribution in [2.75, 3.05) is 6.61 Å². The molecule has 0 unspecified atom stereocenters. The molecule has 0 saturated heterocycles. The zero-order valence-electron chi connectivity index (χ0n) is 12.0.